The fraction of sp³-hybridized carbons (Fsp3) is 0.455. The average molecular weight is 271 g/mol. The number of pyridine rings is 1. The predicted molar refractivity (Wildman–Crippen MR) is 63.6 cm³/mol. The monoisotopic (exact) mass is 271 g/mol. The Bertz CT molecular complexity index is 581. The van der Waals surface area contributed by atoms with Crippen molar-refractivity contribution in [2.24, 2.45) is 0 Å². The summed E-state index contributed by atoms with van der Waals surface area (Å²) in [6.07, 6.45) is -0.104. The highest BCUT2D eigenvalue weighted by molar-refractivity contribution is 7.91. The third-order valence-corrected chi connectivity index (χ3v) is 4.42. The van der Waals surface area contributed by atoms with Gasteiger partial charge >= 0.3 is 5.97 Å². The molecular formula is C11H13NO5S. The highest BCUT2D eigenvalue weighted by Gasteiger charge is 2.30. The van der Waals surface area contributed by atoms with Crippen LogP contribution >= 0.6 is 0 Å². The van der Waals surface area contributed by atoms with Crippen molar-refractivity contribution in [2.75, 3.05) is 11.5 Å². The van der Waals surface area contributed by atoms with Gasteiger partial charge in [-0.2, -0.15) is 0 Å². The summed E-state index contributed by atoms with van der Waals surface area (Å²) in [6, 6.07) is 3.14. The van der Waals surface area contributed by atoms with E-state index < -0.39 is 21.9 Å². The van der Waals surface area contributed by atoms with Crippen molar-refractivity contribution >= 4 is 15.8 Å². The molecule has 6 nitrogen and oxygen atoms in total. The van der Waals surface area contributed by atoms with Crippen molar-refractivity contribution in [2.45, 2.75) is 19.4 Å². The van der Waals surface area contributed by atoms with Gasteiger partial charge in [0.1, 0.15) is 6.10 Å². The second-order valence-electron chi connectivity index (χ2n) is 4.25. The number of nitrogens with zero attached hydrogens (tertiary/aromatic N) is 1. The van der Waals surface area contributed by atoms with Gasteiger partial charge in [-0.25, -0.2) is 18.2 Å². The van der Waals surface area contributed by atoms with Gasteiger partial charge in [0, 0.05) is 5.69 Å². The van der Waals surface area contributed by atoms with E-state index in [4.69, 9.17) is 9.84 Å². The van der Waals surface area contributed by atoms with Gasteiger partial charge in [-0.05, 0) is 25.5 Å². The lowest BCUT2D eigenvalue weighted by Gasteiger charge is -2.13. The normalized spacial score (nSPS) is 21.7. The van der Waals surface area contributed by atoms with Crippen LogP contribution in [0.4, 0.5) is 0 Å². The van der Waals surface area contributed by atoms with E-state index in [9.17, 15) is 13.2 Å². The third-order valence-electron chi connectivity index (χ3n) is 2.68. The quantitative estimate of drug-likeness (QED) is 0.867. The number of aromatic nitrogens is 1. The van der Waals surface area contributed by atoms with Crippen LogP contribution in [0.25, 0.3) is 0 Å². The summed E-state index contributed by atoms with van der Waals surface area (Å²) < 4.78 is 28.0. The number of aryl methyl sites for hydroxylation is 1. The molecule has 2 rings (SSSR count). The molecule has 18 heavy (non-hydrogen) atoms. The van der Waals surface area contributed by atoms with Gasteiger partial charge in [0.25, 0.3) is 0 Å². The molecule has 7 heteroatoms. The Morgan fingerprint density at radius 2 is 2.22 bits per heavy atom. The molecule has 1 fully saturated rings. The highest BCUT2D eigenvalue weighted by atomic mass is 32.2. The first-order chi connectivity index (χ1) is 8.37. The molecule has 0 amide bonds. The Hall–Kier alpha value is -1.63. The maximum Gasteiger partial charge on any atom is 0.358 e. The number of hydrogen-bond donors (Lipinski definition) is 1. The molecule has 0 bridgehead atoms. The standard InChI is InChI=1S/C11H13NO5S/c1-7-2-3-9(10(12-7)11(13)14)17-8-4-5-18(15,16)6-8/h2-3,8H,4-6H2,1H3,(H,13,14). The topological polar surface area (TPSA) is 93.6 Å². The summed E-state index contributed by atoms with van der Waals surface area (Å²) in [5.74, 6) is -1.05. The molecule has 1 atom stereocenters. The van der Waals surface area contributed by atoms with E-state index in [-0.39, 0.29) is 22.9 Å². The summed E-state index contributed by atoms with van der Waals surface area (Å²) >= 11 is 0. The lowest BCUT2D eigenvalue weighted by Crippen LogP contribution is -2.19. The van der Waals surface area contributed by atoms with Crippen molar-refractivity contribution in [3.8, 4) is 5.75 Å². The largest absolute Gasteiger partial charge is 0.487 e. The molecule has 1 saturated heterocycles. The maximum atomic E-state index is 11.3. The fourth-order valence-corrected chi connectivity index (χ4v) is 3.42. The van der Waals surface area contributed by atoms with E-state index in [2.05, 4.69) is 4.98 Å². The van der Waals surface area contributed by atoms with Gasteiger partial charge in [-0.3, -0.25) is 0 Å². The van der Waals surface area contributed by atoms with Gasteiger partial charge in [0.2, 0.25) is 0 Å². The maximum absolute atomic E-state index is 11.3. The van der Waals surface area contributed by atoms with Crippen molar-refractivity contribution in [1.29, 1.82) is 0 Å². The summed E-state index contributed by atoms with van der Waals surface area (Å²) in [5, 5.41) is 9.01. The number of ether oxygens (including phenoxy) is 1. The van der Waals surface area contributed by atoms with Crippen LogP contribution in [0.5, 0.6) is 5.75 Å². The number of rotatable bonds is 3. The average Bonchev–Trinajstić information content (AvgIpc) is 2.60. The second-order valence-corrected chi connectivity index (χ2v) is 6.48. The lowest BCUT2D eigenvalue weighted by molar-refractivity contribution is 0.0682. The van der Waals surface area contributed by atoms with E-state index in [1.165, 1.54) is 6.07 Å². The Morgan fingerprint density at radius 1 is 1.50 bits per heavy atom. The molecule has 98 valence electrons. The molecular weight excluding hydrogens is 258 g/mol. The van der Waals surface area contributed by atoms with Crippen molar-refractivity contribution in [1.82, 2.24) is 4.98 Å². The third kappa shape index (κ3) is 2.79. The lowest BCUT2D eigenvalue weighted by atomic mass is 10.2. The van der Waals surface area contributed by atoms with Gasteiger partial charge in [0.05, 0.1) is 11.5 Å². The van der Waals surface area contributed by atoms with Crippen LogP contribution in [-0.2, 0) is 9.84 Å². The van der Waals surface area contributed by atoms with Crippen LogP contribution < -0.4 is 4.74 Å². The van der Waals surface area contributed by atoms with Crippen LogP contribution in [0.3, 0.4) is 0 Å². The van der Waals surface area contributed by atoms with E-state index in [1.807, 2.05) is 0 Å². The van der Waals surface area contributed by atoms with Crippen LogP contribution in [0.2, 0.25) is 0 Å². The first kappa shape index (κ1) is 12.8. The van der Waals surface area contributed by atoms with Gasteiger partial charge in [-0.15, -0.1) is 0 Å². The molecule has 1 aliphatic heterocycles. The highest BCUT2D eigenvalue weighted by Crippen LogP contribution is 2.23. The minimum absolute atomic E-state index is 0.0695. The SMILES string of the molecule is Cc1ccc(OC2CCS(=O)(=O)C2)c(C(=O)O)n1. The summed E-state index contributed by atoms with van der Waals surface area (Å²) in [5.41, 5.74) is 0.387. The van der Waals surface area contributed by atoms with Crippen molar-refractivity contribution < 1.29 is 23.1 Å². The molecule has 2 heterocycles. The number of carboxylic acids is 1. The Balaban J connectivity index is 2.22. The smallest absolute Gasteiger partial charge is 0.358 e. The molecule has 1 aliphatic rings. The minimum Gasteiger partial charge on any atom is -0.487 e. The molecule has 1 N–H and O–H groups in total. The van der Waals surface area contributed by atoms with Crippen LogP contribution in [0.1, 0.15) is 22.6 Å². The molecule has 1 aromatic heterocycles. The molecule has 0 saturated carbocycles. The minimum atomic E-state index is -3.05. The zero-order valence-corrected chi connectivity index (χ0v) is 10.6. The summed E-state index contributed by atoms with van der Waals surface area (Å²) in [4.78, 5) is 14.9. The predicted octanol–water partition coefficient (Wildman–Crippen LogP) is 0.654. The van der Waals surface area contributed by atoms with Crippen LogP contribution in [0.15, 0.2) is 12.1 Å². The molecule has 0 aromatic carbocycles. The van der Waals surface area contributed by atoms with Crippen LogP contribution in [-0.4, -0.2) is 42.1 Å². The number of aromatic carboxylic acids is 1. The summed E-state index contributed by atoms with van der Waals surface area (Å²) in [7, 11) is -3.05. The molecule has 0 aliphatic carbocycles. The van der Waals surface area contributed by atoms with Crippen LogP contribution in [0, 0.1) is 6.92 Å². The summed E-state index contributed by atoms with van der Waals surface area (Å²) in [6.45, 7) is 1.68. The molecule has 0 radical (unpaired) electrons. The number of carbonyl (C=O) groups is 1. The van der Waals surface area contributed by atoms with Gasteiger partial charge in [-0.1, -0.05) is 0 Å². The first-order valence-electron chi connectivity index (χ1n) is 5.45. The Kier molecular flexibility index (Phi) is 3.25. The molecule has 0 spiro atoms. The number of sulfone groups is 1. The molecule has 1 unspecified atom stereocenters. The number of hydrogen-bond acceptors (Lipinski definition) is 5. The molecule has 1 aromatic rings. The fourth-order valence-electron chi connectivity index (χ4n) is 1.83. The van der Waals surface area contributed by atoms with E-state index >= 15 is 0 Å². The zero-order valence-electron chi connectivity index (χ0n) is 9.79. The first-order valence-corrected chi connectivity index (χ1v) is 7.27. The Morgan fingerprint density at radius 3 is 2.78 bits per heavy atom. The van der Waals surface area contributed by atoms with Gasteiger partial charge < -0.3 is 9.84 Å². The second kappa shape index (κ2) is 4.56. The van der Waals surface area contributed by atoms with Crippen molar-refractivity contribution in [3.05, 3.63) is 23.5 Å². The zero-order chi connectivity index (χ0) is 13.3. The van der Waals surface area contributed by atoms with E-state index in [1.54, 1.807) is 13.0 Å². The van der Waals surface area contributed by atoms with Gasteiger partial charge in [0.15, 0.2) is 21.3 Å². The van der Waals surface area contributed by atoms with Crippen molar-refractivity contribution in [3.63, 3.8) is 0 Å². The van der Waals surface area contributed by atoms with E-state index in [0.717, 1.165) is 0 Å². The Labute approximate surface area is 105 Å². The van der Waals surface area contributed by atoms with E-state index in [0.29, 0.717) is 12.1 Å². The number of carboxylic acid groups (broad SMARTS) is 1.